The number of hydrogen-bond donors (Lipinski definition) is 0. The molecule has 1 aliphatic rings. The van der Waals surface area contributed by atoms with Gasteiger partial charge in [0.25, 0.3) is 0 Å². The first kappa shape index (κ1) is 16.7. The third-order valence-corrected chi connectivity index (χ3v) is 4.75. The van der Waals surface area contributed by atoms with Crippen LogP contribution in [-0.2, 0) is 4.79 Å². The molecule has 0 radical (unpaired) electrons. The summed E-state index contributed by atoms with van der Waals surface area (Å²) in [4.78, 5) is 11.9. The second-order valence-electron chi connectivity index (χ2n) is 5.23. The van der Waals surface area contributed by atoms with Crippen LogP contribution in [0.3, 0.4) is 0 Å². The molecule has 1 saturated carbocycles. The summed E-state index contributed by atoms with van der Waals surface area (Å²) >= 11 is 1.28. The first-order chi connectivity index (χ1) is 11.4. The van der Waals surface area contributed by atoms with Gasteiger partial charge in [0.2, 0.25) is 5.16 Å². The summed E-state index contributed by atoms with van der Waals surface area (Å²) in [7, 11) is 0. The number of carbonyl (C=O) groups excluding carboxylic acids is 1. The first-order valence-corrected chi connectivity index (χ1v) is 8.14. The summed E-state index contributed by atoms with van der Waals surface area (Å²) in [6.07, 6.45) is -1.52. The van der Waals surface area contributed by atoms with E-state index in [2.05, 4.69) is 20.3 Å². The molecule has 0 spiro atoms. The highest BCUT2D eigenvalue weighted by Gasteiger charge is 2.31. The lowest BCUT2D eigenvalue weighted by atomic mass is 9.99. The zero-order valence-corrected chi connectivity index (χ0v) is 13.2. The van der Waals surface area contributed by atoms with Crippen LogP contribution in [0, 0.1) is 0 Å². The average Bonchev–Trinajstić information content (AvgIpc) is 2.97. The standard InChI is InChI=1S/C14H13F3N4O2S/c15-14(16,17)23-10-7-5-9(6-8-10)21-13(18-19-20-21)24-12-4-2-1-3-11(12)22/h5-8,12H,1-4H2/t12-/m0/s1. The Balaban J connectivity index is 1.76. The van der Waals surface area contributed by atoms with Crippen LogP contribution in [0.1, 0.15) is 25.7 Å². The number of hydrogen-bond acceptors (Lipinski definition) is 6. The fourth-order valence-corrected chi connectivity index (χ4v) is 3.52. The van der Waals surface area contributed by atoms with E-state index in [-0.39, 0.29) is 16.8 Å². The van der Waals surface area contributed by atoms with Crippen molar-refractivity contribution in [3.05, 3.63) is 24.3 Å². The number of ketones is 1. The van der Waals surface area contributed by atoms with E-state index in [1.165, 1.54) is 40.7 Å². The van der Waals surface area contributed by atoms with Crippen molar-refractivity contribution in [3.8, 4) is 11.4 Å². The van der Waals surface area contributed by atoms with E-state index in [0.29, 0.717) is 17.3 Å². The molecule has 1 heterocycles. The van der Waals surface area contributed by atoms with Gasteiger partial charge in [-0.2, -0.15) is 4.68 Å². The van der Waals surface area contributed by atoms with Gasteiger partial charge in [-0.05, 0) is 47.5 Å². The number of nitrogens with zero attached hydrogens (tertiary/aromatic N) is 4. The quantitative estimate of drug-likeness (QED) is 0.836. The number of ether oxygens (including phenoxy) is 1. The number of tetrazole rings is 1. The number of carbonyl (C=O) groups is 1. The Hall–Kier alpha value is -2.10. The van der Waals surface area contributed by atoms with E-state index in [0.717, 1.165) is 19.3 Å². The predicted octanol–water partition coefficient (Wildman–Crippen LogP) is 3.16. The van der Waals surface area contributed by atoms with Crippen molar-refractivity contribution in [3.63, 3.8) is 0 Å². The summed E-state index contributed by atoms with van der Waals surface area (Å²) in [5.41, 5.74) is 0.486. The molecule has 1 atom stereocenters. The van der Waals surface area contributed by atoms with Gasteiger partial charge in [0.05, 0.1) is 10.9 Å². The summed E-state index contributed by atoms with van der Waals surface area (Å²) in [5.74, 6) is -0.147. The largest absolute Gasteiger partial charge is 0.573 e. The minimum Gasteiger partial charge on any atom is -0.406 e. The number of benzene rings is 1. The molecule has 1 aromatic carbocycles. The molecule has 6 nitrogen and oxygen atoms in total. The minimum absolute atomic E-state index is 0.176. The Kier molecular flexibility index (Phi) is 4.74. The summed E-state index contributed by atoms with van der Waals surface area (Å²) in [5, 5.41) is 11.6. The van der Waals surface area contributed by atoms with E-state index in [1.54, 1.807) is 0 Å². The summed E-state index contributed by atoms with van der Waals surface area (Å²) < 4.78 is 41.8. The van der Waals surface area contributed by atoms with Crippen molar-refractivity contribution < 1.29 is 22.7 Å². The van der Waals surface area contributed by atoms with E-state index in [9.17, 15) is 18.0 Å². The van der Waals surface area contributed by atoms with E-state index in [4.69, 9.17) is 0 Å². The monoisotopic (exact) mass is 358 g/mol. The van der Waals surface area contributed by atoms with Gasteiger partial charge >= 0.3 is 6.36 Å². The number of halogens is 3. The lowest BCUT2D eigenvalue weighted by Gasteiger charge is -2.19. The second kappa shape index (κ2) is 6.80. The highest BCUT2D eigenvalue weighted by Crippen LogP contribution is 2.31. The Bertz CT molecular complexity index is 718. The van der Waals surface area contributed by atoms with Crippen molar-refractivity contribution >= 4 is 17.5 Å². The normalized spacial score (nSPS) is 18.6. The van der Waals surface area contributed by atoms with Gasteiger partial charge < -0.3 is 4.74 Å². The van der Waals surface area contributed by atoms with Crippen LogP contribution < -0.4 is 4.74 Å². The zero-order valence-electron chi connectivity index (χ0n) is 12.4. The van der Waals surface area contributed by atoms with Gasteiger partial charge in [0.15, 0.2) is 0 Å². The van der Waals surface area contributed by atoms with Gasteiger partial charge in [-0.3, -0.25) is 4.79 Å². The van der Waals surface area contributed by atoms with Gasteiger partial charge in [-0.15, -0.1) is 18.3 Å². The molecular formula is C14H13F3N4O2S. The smallest absolute Gasteiger partial charge is 0.406 e. The number of rotatable bonds is 4. The van der Waals surface area contributed by atoms with Crippen molar-refractivity contribution in [2.75, 3.05) is 0 Å². The highest BCUT2D eigenvalue weighted by molar-refractivity contribution is 8.00. The van der Waals surface area contributed by atoms with Crippen LogP contribution >= 0.6 is 11.8 Å². The molecule has 0 N–H and O–H groups in total. The second-order valence-corrected chi connectivity index (χ2v) is 6.40. The number of alkyl halides is 3. The summed E-state index contributed by atoms with van der Waals surface area (Å²) in [6.45, 7) is 0. The molecule has 24 heavy (non-hydrogen) atoms. The molecule has 1 aliphatic carbocycles. The SMILES string of the molecule is O=C1CCCC[C@@H]1Sc1nnnn1-c1ccc(OC(F)(F)F)cc1. The number of thioether (sulfide) groups is 1. The molecule has 0 aliphatic heterocycles. The van der Waals surface area contributed by atoms with Crippen molar-refractivity contribution in [1.82, 2.24) is 20.2 Å². The lowest BCUT2D eigenvalue weighted by molar-refractivity contribution is -0.274. The zero-order chi connectivity index (χ0) is 17.2. The molecule has 0 bridgehead atoms. The van der Waals surface area contributed by atoms with Crippen LogP contribution in [0.25, 0.3) is 5.69 Å². The molecule has 2 aromatic rings. The minimum atomic E-state index is -4.74. The van der Waals surface area contributed by atoms with Gasteiger partial charge in [0, 0.05) is 6.42 Å². The van der Waals surface area contributed by atoms with Gasteiger partial charge in [0.1, 0.15) is 11.5 Å². The third kappa shape index (κ3) is 4.05. The lowest BCUT2D eigenvalue weighted by Crippen LogP contribution is -2.21. The molecule has 10 heteroatoms. The van der Waals surface area contributed by atoms with E-state index >= 15 is 0 Å². The maximum absolute atomic E-state index is 12.2. The Morgan fingerprint density at radius 1 is 1.21 bits per heavy atom. The fraction of sp³-hybridized carbons (Fsp3) is 0.429. The molecule has 0 amide bonds. The van der Waals surface area contributed by atoms with E-state index in [1.807, 2.05) is 0 Å². The molecule has 1 fully saturated rings. The van der Waals surface area contributed by atoms with Crippen molar-refractivity contribution in [2.24, 2.45) is 0 Å². The van der Waals surface area contributed by atoms with Crippen LogP contribution in [-0.4, -0.2) is 37.6 Å². The third-order valence-electron chi connectivity index (χ3n) is 3.50. The number of aromatic nitrogens is 4. The van der Waals surface area contributed by atoms with Crippen molar-refractivity contribution in [2.45, 2.75) is 42.5 Å². The van der Waals surface area contributed by atoms with Crippen LogP contribution in [0.2, 0.25) is 0 Å². The molecular weight excluding hydrogens is 345 g/mol. The molecule has 3 rings (SSSR count). The Labute approximate surface area is 139 Å². The predicted molar refractivity (Wildman–Crippen MR) is 79.0 cm³/mol. The number of Topliss-reactive ketones (excluding diaryl/α,β-unsaturated/α-hetero) is 1. The highest BCUT2D eigenvalue weighted by atomic mass is 32.2. The Morgan fingerprint density at radius 2 is 1.96 bits per heavy atom. The molecule has 0 unspecified atom stereocenters. The van der Waals surface area contributed by atoms with Gasteiger partial charge in [-0.25, -0.2) is 0 Å². The maximum atomic E-state index is 12.2. The van der Waals surface area contributed by atoms with Gasteiger partial charge in [-0.1, -0.05) is 18.2 Å². The average molecular weight is 358 g/mol. The first-order valence-electron chi connectivity index (χ1n) is 7.26. The summed E-state index contributed by atoms with van der Waals surface area (Å²) in [6, 6.07) is 5.21. The van der Waals surface area contributed by atoms with Crippen LogP contribution in [0.4, 0.5) is 13.2 Å². The van der Waals surface area contributed by atoms with Crippen molar-refractivity contribution in [1.29, 1.82) is 0 Å². The molecule has 1 aromatic heterocycles. The molecule has 128 valence electrons. The van der Waals surface area contributed by atoms with Crippen LogP contribution in [0.5, 0.6) is 5.75 Å². The Morgan fingerprint density at radius 3 is 2.62 bits per heavy atom. The maximum Gasteiger partial charge on any atom is 0.573 e. The van der Waals surface area contributed by atoms with E-state index < -0.39 is 6.36 Å². The molecule has 0 saturated heterocycles. The fourth-order valence-electron chi connectivity index (χ4n) is 2.41. The topological polar surface area (TPSA) is 69.9 Å². The van der Waals surface area contributed by atoms with Crippen LogP contribution in [0.15, 0.2) is 29.4 Å².